The van der Waals surface area contributed by atoms with Crippen LogP contribution >= 0.6 is 0 Å². The van der Waals surface area contributed by atoms with Gasteiger partial charge in [0, 0.05) is 34.4 Å². The summed E-state index contributed by atoms with van der Waals surface area (Å²) < 4.78 is 3.35. The van der Waals surface area contributed by atoms with E-state index < -0.39 is 6.09 Å². The number of benzene rings is 3. The van der Waals surface area contributed by atoms with E-state index in [1.54, 1.807) is 0 Å². The van der Waals surface area contributed by atoms with Crippen LogP contribution < -0.4 is 0 Å². The maximum absolute atomic E-state index is 13.5. The molecule has 0 aliphatic heterocycles. The number of carbonyl (C=O) groups excluding carboxylic acids is 2. The smallest absolute Gasteiger partial charge is 0.309 e. The lowest BCUT2D eigenvalue weighted by Crippen LogP contribution is -2.17. The molecule has 0 saturated heterocycles. The van der Waals surface area contributed by atoms with Crippen molar-refractivity contribution in [3.63, 3.8) is 0 Å². The number of hydrogen-bond acceptors (Lipinski definition) is 5. The van der Waals surface area contributed by atoms with E-state index in [9.17, 15) is 9.59 Å². The van der Waals surface area contributed by atoms with Crippen molar-refractivity contribution < 1.29 is 14.4 Å². The number of nitrogens with zero attached hydrogens (tertiary/aromatic N) is 4. The quantitative estimate of drug-likeness (QED) is 0.121. The summed E-state index contributed by atoms with van der Waals surface area (Å²) in [6, 6.07) is 24.0. The molecule has 0 aliphatic carbocycles. The van der Waals surface area contributed by atoms with Crippen molar-refractivity contribution >= 4 is 39.4 Å². The van der Waals surface area contributed by atoms with Gasteiger partial charge in [-0.25, -0.2) is 14.3 Å². The fraction of sp³-hybridized carbons (Fsp3) is 0.143. The highest BCUT2D eigenvalue weighted by molar-refractivity contribution is 6.46. The van der Waals surface area contributed by atoms with Crippen molar-refractivity contribution in [1.29, 1.82) is 0 Å². The van der Waals surface area contributed by atoms with Crippen LogP contribution in [-0.4, -0.2) is 31.7 Å². The van der Waals surface area contributed by atoms with Gasteiger partial charge in [0.25, 0.3) is 0 Å². The summed E-state index contributed by atoms with van der Waals surface area (Å²) in [7, 11) is 0. The van der Waals surface area contributed by atoms with Crippen molar-refractivity contribution in [2.24, 2.45) is 5.16 Å². The van der Waals surface area contributed by atoms with Gasteiger partial charge in [-0.15, -0.1) is 0 Å². The SMILES string of the molecule is CCCC/C(=N\OC(=O)n1ccnc1)C(=O)c1ccc2c(c1)c1ccccc1n2-c1ccccc1. The molecule has 5 aromatic rings. The molecule has 0 unspecified atom stereocenters. The average molecular weight is 465 g/mol. The van der Waals surface area contributed by atoms with E-state index in [1.807, 2.05) is 55.5 Å². The molecule has 0 aliphatic rings. The largest absolute Gasteiger partial charge is 0.445 e. The number of hydrogen-bond donors (Lipinski definition) is 0. The van der Waals surface area contributed by atoms with E-state index in [-0.39, 0.29) is 11.5 Å². The molecule has 3 aromatic carbocycles. The molecule has 5 rings (SSSR count). The third-order valence-corrected chi connectivity index (χ3v) is 5.93. The zero-order valence-electron chi connectivity index (χ0n) is 19.3. The van der Waals surface area contributed by atoms with Gasteiger partial charge < -0.3 is 4.57 Å². The molecular formula is C28H24N4O3. The molecule has 0 N–H and O–H groups in total. The maximum atomic E-state index is 13.5. The van der Waals surface area contributed by atoms with Crippen LogP contribution in [0.4, 0.5) is 4.79 Å². The molecule has 2 aromatic heterocycles. The molecule has 0 saturated carbocycles. The lowest BCUT2D eigenvalue weighted by atomic mass is 10.0. The molecule has 0 spiro atoms. The van der Waals surface area contributed by atoms with Crippen LogP contribution in [0.2, 0.25) is 0 Å². The lowest BCUT2D eigenvalue weighted by Gasteiger charge is -2.08. The van der Waals surface area contributed by atoms with Gasteiger partial charge >= 0.3 is 6.09 Å². The Kier molecular flexibility index (Phi) is 6.22. The first-order chi connectivity index (χ1) is 17.2. The predicted molar refractivity (Wildman–Crippen MR) is 136 cm³/mol. The fourth-order valence-corrected chi connectivity index (χ4v) is 4.19. The summed E-state index contributed by atoms with van der Waals surface area (Å²) in [5.74, 6) is -0.254. The Morgan fingerprint density at radius 1 is 0.943 bits per heavy atom. The molecular weight excluding hydrogens is 440 g/mol. The minimum absolute atomic E-state index is 0.214. The molecule has 35 heavy (non-hydrogen) atoms. The number of para-hydroxylation sites is 2. The van der Waals surface area contributed by atoms with E-state index in [2.05, 4.69) is 39.0 Å². The molecule has 2 heterocycles. The van der Waals surface area contributed by atoms with Gasteiger partial charge in [-0.2, -0.15) is 0 Å². The Bertz CT molecular complexity index is 1530. The number of ketones is 1. The molecule has 0 bridgehead atoms. The lowest BCUT2D eigenvalue weighted by molar-refractivity contribution is 0.105. The number of rotatable bonds is 7. The molecule has 0 radical (unpaired) electrons. The molecule has 0 fully saturated rings. The second kappa shape index (κ2) is 9.77. The van der Waals surface area contributed by atoms with Crippen LogP contribution in [0.5, 0.6) is 0 Å². The van der Waals surface area contributed by atoms with Crippen molar-refractivity contribution in [2.75, 3.05) is 0 Å². The third kappa shape index (κ3) is 4.36. The van der Waals surface area contributed by atoms with Gasteiger partial charge in [0.05, 0.1) is 11.0 Å². The monoisotopic (exact) mass is 464 g/mol. The van der Waals surface area contributed by atoms with Crippen LogP contribution in [0.25, 0.3) is 27.5 Å². The van der Waals surface area contributed by atoms with E-state index in [1.165, 1.54) is 18.7 Å². The number of carbonyl (C=O) groups is 2. The maximum Gasteiger partial charge on any atom is 0.445 e. The van der Waals surface area contributed by atoms with Crippen molar-refractivity contribution in [1.82, 2.24) is 14.1 Å². The summed E-state index contributed by atoms with van der Waals surface area (Å²) in [5.41, 5.74) is 3.84. The van der Waals surface area contributed by atoms with Crippen molar-refractivity contribution in [2.45, 2.75) is 26.2 Å². The Morgan fingerprint density at radius 3 is 2.49 bits per heavy atom. The first-order valence-electron chi connectivity index (χ1n) is 11.6. The number of Topliss-reactive ketones (excluding diaryl/α,β-unsaturated/α-hetero) is 1. The first-order valence-corrected chi connectivity index (χ1v) is 11.6. The van der Waals surface area contributed by atoms with Gasteiger partial charge in [-0.3, -0.25) is 9.63 Å². The standard InChI is InChI=1S/C28H24N4O3/c1-2-3-12-24(30-35-28(34)31-17-16-29-19-31)27(33)20-14-15-26-23(18-20)22-11-7-8-13-25(22)32(26)21-9-5-4-6-10-21/h4-11,13-19H,2-3,12H2,1H3/b30-24+. The predicted octanol–water partition coefficient (Wildman–Crippen LogP) is 6.39. The minimum Gasteiger partial charge on any atom is -0.309 e. The number of fused-ring (bicyclic) bond motifs is 3. The van der Waals surface area contributed by atoms with E-state index >= 15 is 0 Å². The number of imidazole rings is 1. The Balaban J connectivity index is 1.55. The third-order valence-electron chi connectivity index (χ3n) is 5.93. The van der Waals surface area contributed by atoms with Crippen LogP contribution in [0.15, 0.2) is 96.7 Å². The van der Waals surface area contributed by atoms with Crippen LogP contribution in [-0.2, 0) is 4.84 Å². The van der Waals surface area contributed by atoms with Gasteiger partial charge in [0.1, 0.15) is 12.0 Å². The summed E-state index contributed by atoms with van der Waals surface area (Å²) in [5, 5.41) is 5.98. The number of aromatic nitrogens is 3. The van der Waals surface area contributed by atoms with E-state index in [4.69, 9.17) is 4.84 Å². The highest BCUT2D eigenvalue weighted by Crippen LogP contribution is 2.32. The molecule has 174 valence electrons. The average Bonchev–Trinajstić information content (AvgIpc) is 3.55. The van der Waals surface area contributed by atoms with Crippen LogP contribution in [0.1, 0.15) is 36.5 Å². The van der Waals surface area contributed by atoms with Gasteiger partial charge in [-0.05, 0) is 49.2 Å². The van der Waals surface area contributed by atoms with Crippen LogP contribution in [0, 0.1) is 0 Å². The first kappa shape index (κ1) is 22.3. The zero-order chi connectivity index (χ0) is 24.2. The van der Waals surface area contributed by atoms with E-state index in [0.717, 1.165) is 44.9 Å². The fourth-order valence-electron chi connectivity index (χ4n) is 4.19. The Hall–Kier alpha value is -4.52. The highest BCUT2D eigenvalue weighted by atomic mass is 16.7. The summed E-state index contributed by atoms with van der Waals surface area (Å²) in [4.78, 5) is 34.5. The van der Waals surface area contributed by atoms with Crippen molar-refractivity contribution in [3.05, 3.63) is 97.1 Å². The summed E-state index contributed by atoms with van der Waals surface area (Å²) >= 11 is 0. The second-order valence-electron chi connectivity index (χ2n) is 8.22. The highest BCUT2D eigenvalue weighted by Gasteiger charge is 2.19. The number of unbranched alkanes of at least 4 members (excludes halogenated alkanes) is 1. The summed E-state index contributed by atoms with van der Waals surface area (Å²) in [6.07, 6.45) is 5.58. The second-order valence-corrected chi connectivity index (χ2v) is 8.22. The number of oxime groups is 1. The molecule has 7 nitrogen and oxygen atoms in total. The van der Waals surface area contributed by atoms with E-state index in [0.29, 0.717) is 12.0 Å². The van der Waals surface area contributed by atoms with Crippen molar-refractivity contribution in [3.8, 4) is 5.69 Å². The Labute approximate surface area is 202 Å². The van der Waals surface area contributed by atoms with Gasteiger partial charge in [-0.1, -0.05) is 54.9 Å². The normalized spacial score (nSPS) is 11.7. The summed E-state index contributed by atoms with van der Waals surface area (Å²) in [6.45, 7) is 2.03. The van der Waals surface area contributed by atoms with Gasteiger partial charge in [0.15, 0.2) is 0 Å². The Morgan fingerprint density at radius 2 is 1.71 bits per heavy atom. The molecule has 7 heteroatoms. The zero-order valence-corrected chi connectivity index (χ0v) is 19.3. The molecule has 0 amide bonds. The van der Waals surface area contributed by atoms with Gasteiger partial charge in [0.2, 0.25) is 5.78 Å². The molecule has 0 atom stereocenters. The minimum atomic E-state index is -0.717. The topological polar surface area (TPSA) is 78.5 Å². The van der Waals surface area contributed by atoms with Crippen LogP contribution in [0.3, 0.4) is 0 Å².